The van der Waals surface area contributed by atoms with Gasteiger partial charge in [0.25, 0.3) is 5.89 Å². The van der Waals surface area contributed by atoms with E-state index in [1.807, 2.05) is 30.5 Å². The highest BCUT2D eigenvalue weighted by Crippen LogP contribution is 2.28. The van der Waals surface area contributed by atoms with Gasteiger partial charge in [0.2, 0.25) is 5.88 Å². The summed E-state index contributed by atoms with van der Waals surface area (Å²) in [6, 6.07) is 7.99. The maximum atomic E-state index is 5.61. The third-order valence-corrected chi connectivity index (χ3v) is 3.90. The Bertz CT molecular complexity index is 738. The van der Waals surface area contributed by atoms with E-state index in [-0.39, 0.29) is 0 Å². The maximum Gasteiger partial charge on any atom is 0.316 e. The minimum atomic E-state index is 0.377. The van der Waals surface area contributed by atoms with Crippen LogP contribution in [-0.2, 0) is 6.54 Å². The topological polar surface area (TPSA) is 73.1 Å². The number of anilines is 1. The number of aromatic nitrogens is 3. The van der Waals surface area contributed by atoms with Gasteiger partial charge in [-0.25, -0.2) is 4.98 Å². The van der Waals surface area contributed by atoms with E-state index in [1.54, 1.807) is 24.5 Å². The third kappa shape index (κ3) is 3.03. The molecule has 0 bridgehead atoms. The summed E-state index contributed by atoms with van der Waals surface area (Å²) < 4.78 is 10.7. The van der Waals surface area contributed by atoms with Gasteiger partial charge in [0, 0.05) is 6.07 Å². The SMILES string of the molecule is COc1cccc(CNc2nnc(-c3sccc3C)o2)n1. The van der Waals surface area contributed by atoms with Crippen LogP contribution in [0, 0.1) is 6.92 Å². The van der Waals surface area contributed by atoms with Crippen molar-refractivity contribution < 1.29 is 9.15 Å². The predicted molar refractivity (Wildman–Crippen MR) is 80.5 cm³/mol. The van der Waals surface area contributed by atoms with Crippen LogP contribution in [0.4, 0.5) is 6.01 Å². The van der Waals surface area contributed by atoms with Gasteiger partial charge in [0.05, 0.1) is 24.2 Å². The zero-order chi connectivity index (χ0) is 14.7. The molecule has 0 saturated carbocycles. The monoisotopic (exact) mass is 302 g/mol. The van der Waals surface area contributed by atoms with Gasteiger partial charge in [0.15, 0.2) is 0 Å². The first-order valence-corrected chi connectivity index (χ1v) is 7.26. The molecule has 7 heteroatoms. The van der Waals surface area contributed by atoms with E-state index in [4.69, 9.17) is 9.15 Å². The molecule has 0 spiro atoms. The molecule has 6 nitrogen and oxygen atoms in total. The second-order valence-corrected chi connectivity index (χ2v) is 5.29. The van der Waals surface area contributed by atoms with E-state index in [0.29, 0.717) is 24.3 Å². The van der Waals surface area contributed by atoms with Gasteiger partial charge in [-0.2, -0.15) is 0 Å². The fourth-order valence-electron chi connectivity index (χ4n) is 1.81. The van der Waals surface area contributed by atoms with Crippen LogP contribution in [0.3, 0.4) is 0 Å². The van der Waals surface area contributed by atoms with Crippen molar-refractivity contribution in [3.05, 3.63) is 40.9 Å². The number of rotatable bonds is 5. The molecule has 0 unspecified atom stereocenters. The molecule has 0 aliphatic heterocycles. The summed E-state index contributed by atoms with van der Waals surface area (Å²) in [4.78, 5) is 5.30. The molecule has 0 amide bonds. The number of thiophene rings is 1. The average molecular weight is 302 g/mol. The molecular formula is C14H14N4O2S. The summed E-state index contributed by atoms with van der Waals surface area (Å²) in [6.45, 7) is 2.51. The molecular weight excluding hydrogens is 288 g/mol. The summed E-state index contributed by atoms with van der Waals surface area (Å²) in [5.41, 5.74) is 1.96. The molecule has 0 atom stereocenters. The van der Waals surface area contributed by atoms with Crippen LogP contribution in [0.15, 0.2) is 34.1 Å². The van der Waals surface area contributed by atoms with E-state index in [1.165, 1.54) is 0 Å². The quantitative estimate of drug-likeness (QED) is 0.780. The summed E-state index contributed by atoms with van der Waals surface area (Å²) in [5.74, 6) is 1.11. The Hall–Kier alpha value is -2.41. The number of ether oxygens (including phenoxy) is 1. The zero-order valence-electron chi connectivity index (χ0n) is 11.7. The number of aryl methyl sites for hydroxylation is 1. The van der Waals surface area contributed by atoms with Crippen molar-refractivity contribution in [3.63, 3.8) is 0 Å². The Morgan fingerprint density at radius 3 is 2.95 bits per heavy atom. The Labute approximate surface area is 125 Å². The van der Waals surface area contributed by atoms with Crippen molar-refractivity contribution in [1.82, 2.24) is 15.2 Å². The fourth-order valence-corrected chi connectivity index (χ4v) is 2.66. The highest BCUT2D eigenvalue weighted by Gasteiger charge is 2.12. The molecule has 1 N–H and O–H groups in total. The van der Waals surface area contributed by atoms with Crippen molar-refractivity contribution in [2.45, 2.75) is 13.5 Å². The van der Waals surface area contributed by atoms with E-state index in [9.17, 15) is 0 Å². The summed E-state index contributed by atoms with van der Waals surface area (Å²) in [6.07, 6.45) is 0. The fraction of sp³-hybridized carbons (Fsp3) is 0.214. The van der Waals surface area contributed by atoms with Crippen LogP contribution in [0.5, 0.6) is 5.88 Å². The smallest absolute Gasteiger partial charge is 0.316 e. The van der Waals surface area contributed by atoms with Crippen molar-refractivity contribution >= 4 is 17.4 Å². The van der Waals surface area contributed by atoms with E-state index < -0.39 is 0 Å². The first-order chi connectivity index (χ1) is 10.3. The molecule has 108 valence electrons. The van der Waals surface area contributed by atoms with Crippen molar-refractivity contribution in [2.75, 3.05) is 12.4 Å². The van der Waals surface area contributed by atoms with Gasteiger partial charge < -0.3 is 14.5 Å². The number of nitrogens with zero attached hydrogens (tertiary/aromatic N) is 3. The molecule has 21 heavy (non-hydrogen) atoms. The van der Waals surface area contributed by atoms with Gasteiger partial charge in [-0.1, -0.05) is 11.2 Å². The average Bonchev–Trinajstić information content (AvgIpc) is 3.14. The minimum absolute atomic E-state index is 0.377. The van der Waals surface area contributed by atoms with Crippen molar-refractivity contribution in [2.24, 2.45) is 0 Å². The second-order valence-electron chi connectivity index (χ2n) is 4.37. The Kier molecular flexibility index (Phi) is 3.83. The van der Waals surface area contributed by atoms with Crippen LogP contribution in [-0.4, -0.2) is 22.3 Å². The van der Waals surface area contributed by atoms with Crippen LogP contribution in [0.25, 0.3) is 10.8 Å². The van der Waals surface area contributed by atoms with Crippen LogP contribution < -0.4 is 10.1 Å². The van der Waals surface area contributed by atoms with Gasteiger partial charge in [-0.05, 0) is 30.0 Å². The molecule has 3 aromatic rings. The maximum absolute atomic E-state index is 5.61. The molecule has 0 aliphatic carbocycles. The first-order valence-electron chi connectivity index (χ1n) is 6.38. The molecule has 3 rings (SSSR count). The Morgan fingerprint density at radius 2 is 2.19 bits per heavy atom. The van der Waals surface area contributed by atoms with Gasteiger partial charge >= 0.3 is 6.01 Å². The summed E-state index contributed by atoms with van der Waals surface area (Å²) in [5, 5.41) is 13.1. The van der Waals surface area contributed by atoms with Crippen molar-refractivity contribution in [1.29, 1.82) is 0 Å². The van der Waals surface area contributed by atoms with Crippen molar-refractivity contribution in [3.8, 4) is 16.6 Å². The molecule has 0 fully saturated rings. The zero-order valence-corrected chi connectivity index (χ0v) is 12.5. The van der Waals surface area contributed by atoms with Gasteiger partial charge in [-0.3, -0.25) is 0 Å². The van der Waals surface area contributed by atoms with Crippen LogP contribution >= 0.6 is 11.3 Å². The number of pyridine rings is 1. The van der Waals surface area contributed by atoms with Gasteiger partial charge in [-0.15, -0.1) is 16.4 Å². The lowest BCUT2D eigenvalue weighted by atomic mass is 10.3. The summed E-state index contributed by atoms with van der Waals surface area (Å²) >= 11 is 1.58. The van der Waals surface area contributed by atoms with Gasteiger partial charge in [0.1, 0.15) is 0 Å². The first kappa shape index (κ1) is 13.6. The highest BCUT2D eigenvalue weighted by atomic mass is 32.1. The molecule has 0 aliphatic rings. The van der Waals surface area contributed by atoms with E-state index in [0.717, 1.165) is 16.1 Å². The summed E-state index contributed by atoms with van der Waals surface area (Å²) in [7, 11) is 1.59. The number of methoxy groups -OCH3 is 1. The lowest BCUT2D eigenvalue weighted by Crippen LogP contribution is -2.02. The number of nitrogens with one attached hydrogen (secondary N) is 1. The third-order valence-electron chi connectivity index (χ3n) is 2.89. The Morgan fingerprint density at radius 1 is 1.29 bits per heavy atom. The molecule has 0 aromatic carbocycles. The lowest BCUT2D eigenvalue weighted by Gasteiger charge is -2.03. The largest absolute Gasteiger partial charge is 0.481 e. The van der Waals surface area contributed by atoms with E-state index >= 15 is 0 Å². The minimum Gasteiger partial charge on any atom is -0.481 e. The van der Waals surface area contributed by atoms with Crippen LogP contribution in [0.1, 0.15) is 11.3 Å². The Balaban J connectivity index is 1.69. The predicted octanol–water partition coefficient (Wildman–Crippen LogP) is 3.12. The number of hydrogen-bond donors (Lipinski definition) is 1. The second kappa shape index (κ2) is 5.92. The number of hydrogen-bond acceptors (Lipinski definition) is 7. The molecule has 0 radical (unpaired) electrons. The molecule has 3 heterocycles. The highest BCUT2D eigenvalue weighted by molar-refractivity contribution is 7.13. The standard InChI is InChI=1S/C14H14N4O2S/c1-9-6-7-21-12(9)13-17-18-14(20-13)15-8-10-4-3-5-11(16-10)19-2/h3-7H,8H2,1-2H3,(H,15,18). The molecule has 3 aromatic heterocycles. The lowest BCUT2D eigenvalue weighted by molar-refractivity contribution is 0.396. The van der Waals surface area contributed by atoms with Crippen LogP contribution in [0.2, 0.25) is 0 Å². The molecule has 0 saturated heterocycles. The normalized spacial score (nSPS) is 10.6. The van der Waals surface area contributed by atoms with E-state index in [2.05, 4.69) is 20.5 Å².